The number of hydrogen-bond donors (Lipinski definition) is 0. The number of halogens is 2. The smallest absolute Gasteiger partial charge is 0.418 e. The van der Waals surface area contributed by atoms with Crippen LogP contribution in [0, 0.1) is 11.7 Å². The van der Waals surface area contributed by atoms with Gasteiger partial charge in [-0.25, -0.2) is 22.5 Å². The third-order valence-electron chi connectivity index (χ3n) is 7.91. The van der Waals surface area contributed by atoms with Crippen molar-refractivity contribution in [2.24, 2.45) is 10.9 Å². The number of carbonyl (C=O) groups is 2. The van der Waals surface area contributed by atoms with Gasteiger partial charge in [0.15, 0.2) is 5.17 Å². The number of carbonyl (C=O) groups excluding carboxylic acids is 2. The molecule has 0 radical (unpaired) electrons. The number of esters is 1. The lowest BCUT2D eigenvalue weighted by atomic mass is 9.85. The molecule has 2 aliphatic rings. The highest BCUT2D eigenvalue weighted by Gasteiger charge is 2.72. The summed E-state index contributed by atoms with van der Waals surface area (Å²) in [7, 11) is -4.66. The van der Waals surface area contributed by atoms with E-state index in [4.69, 9.17) is 19.2 Å². The van der Waals surface area contributed by atoms with E-state index >= 15 is 8.78 Å². The molecule has 0 spiro atoms. The second-order valence-electron chi connectivity index (χ2n) is 14.0. The molecule has 1 aliphatic heterocycles. The van der Waals surface area contributed by atoms with Crippen molar-refractivity contribution in [3.8, 4) is 0 Å². The van der Waals surface area contributed by atoms with Gasteiger partial charge in [0.25, 0.3) is 0 Å². The number of thioether (sulfide) groups is 1. The second kappa shape index (κ2) is 13.4. The van der Waals surface area contributed by atoms with E-state index in [-0.39, 0.29) is 34.3 Å². The number of amides is 1. The summed E-state index contributed by atoms with van der Waals surface area (Å²) >= 11 is 1.04. The molecule has 256 valence electrons. The van der Waals surface area contributed by atoms with Crippen LogP contribution in [0.3, 0.4) is 0 Å². The molecule has 1 heterocycles. The van der Waals surface area contributed by atoms with Crippen LogP contribution in [-0.4, -0.2) is 69.4 Å². The molecule has 47 heavy (non-hydrogen) atoms. The number of fused-ring (bicyclic) bond motifs is 1. The Morgan fingerprint density at radius 1 is 1.15 bits per heavy atom. The van der Waals surface area contributed by atoms with E-state index in [1.165, 1.54) is 48.4 Å². The molecule has 3 atom stereocenters. The lowest BCUT2D eigenvalue weighted by molar-refractivity contribution is -0.141. The van der Waals surface area contributed by atoms with E-state index in [1.54, 1.807) is 33.8 Å². The number of benzene rings is 2. The lowest BCUT2D eigenvalue weighted by Gasteiger charge is -2.37. The molecule has 14 heteroatoms. The van der Waals surface area contributed by atoms with Gasteiger partial charge in [-0.05, 0) is 76.1 Å². The SMILES string of the molecule is COC(=O)[C@]12C[C@H]1[C@@](C)(c1cc(/C=C(\F)S(=O)(=O)c3ccccc3)ccc1F)N=C(N(COCC[Si](C)(C)C)C(=O)OC(C)(C)C)S2. The fraction of sp³-hybridized carbons (Fsp3) is 0.485. The van der Waals surface area contributed by atoms with Crippen molar-refractivity contribution in [2.75, 3.05) is 20.4 Å². The average Bonchev–Trinajstić information content (AvgIpc) is 3.73. The number of hydrogen-bond acceptors (Lipinski definition) is 9. The zero-order valence-corrected chi connectivity index (χ0v) is 30.6. The van der Waals surface area contributed by atoms with Crippen molar-refractivity contribution in [1.82, 2.24) is 4.90 Å². The maximum atomic E-state index is 15.8. The van der Waals surface area contributed by atoms with Gasteiger partial charge in [0.05, 0.1) is 17.5 Å². The van der Waals surface area contributed by atoms with Gasteiger partial charge in [-0.3, -0.25) is 9.79 Å². The first-order valence-electron chi connectivity index (χ1n) is 15.2. The molecule has 4 rings (SSSR count). The van der Waals surface area contributed by atoms with E-state index in [0.29, 0.717) is 6.61 Å². The first kappa shape index (κ1) is 36.8. The van der Waals surface area contributed by atoms with Crippen LogP contribution in [0.2, 0.25) is 25.7 Å². The summed E-state index contributed by atoms with van der Waals surface area (Å²) in [6.07, 6.45) is 0.308. The van der Waals surface area contributed by atoms with Gasteiger partial charge >= 0.3 is 12.1 Å². The first-order valence-corrected chi connectivity index (χ1v) is 21.2. The normalized spacial score (nSPS) is 23.0. The predicted octanol–water partition coefficient (Wildman–Crippen LogP) is 7.37. The Labute approximate surface area is 280 Å². The zero-order chi connectivity index (χ0) is 35.0. The van der Waals surface area contributed by atoms with Gasteiger partial charge in [-0.1, -0.05) is 55.7 Å². The molecule has 0 unspecified atom stereocenters. The number of rotatable bonds is 10. The molecular formula is C33H42F2N2O7S2Si. The molecule has 1 fully saturated rings. The van der Waals surface area contributed by atoms with Gasteiger partial charge in [0, 0.05) is 26.2 Å². The molecule has 0 N–H and O–H groups in total. The number of methoxy groups -OCH3 is 1. The van der Waals surface area contributed by atoms with Gasteiger partial charge in [-0.2, -0.15) is 4.39 Å². The minimum Gasteiger partial charge on any atom is -0.468 e. The largest absolute Gasteiger partial charge is 0.468 e. The highest BCUT2D eigenvalue weighted by Crippen LogP contribution is 2.67. The summed E-state index contributed by atoms with van der Waals surface area (Å²) in [6, 6.07) is 11.6. The van der Waals surface area contributed by atoms with Gasteiger partial charge in [0.1, 0.15) is 22.9 Å². The van der Waals surface area contributed by atoms with Gasteiger partial charge in [-0.15, -0.1) is 0 Å². The Bertz CT molecular complexity index is 1690. The Kier molecular flexibility index (Phi) is 10.5. The monoisotopic (exact) mass is 708 g/mol. The maximum Gasteiger partial charge on any atom is 0.418 e. The Balaban J connectivity index is 1.80. The number of sulfone groups is 1. The molecule has 0 bridgehead atoms. The van der Waals surface area contributed by atoms with Crippen molar-refractivity contribution in [3.63, 3.8) is 0 Å². The quantitative estimate of drug-likeness (QED) is 0.109. The Hall–Kier alpha value is -3.07. The number of nitrogens with zero attached hydrogens (tertiary/aromatic N) is 2. The van der Waals surface area contributed by atoms with E-state index < -0.39 is 62.8 Å². The highest BCUT2D eigenvalue weighted by atomic mass is 32.2. The third-order valence-corrected chi connectivity index (χ3v) is 12.6. The van der Waals surface area contributed by atoms with E-state index in [1.807, 2.05) is 0 Å². The minimum absolute atomic E-state index is 0.00599. The minimum atomic E-state index is -4.45. The van der Waals surface area contributed by atoms with Gasteiger partial charge < -0.3 is 14.2 Å². The van der Waals surface area contributed by atoms with Crippen LogP contribution in [0.5, 0.6) is 0 Å². The first-order chi connectivity index (χ1) is 21.7. The summed E-state index contributed by atoms with van der Waals surface area (Å²) < 4.78 is 72.3. The topological polar surface area (TPSA) is 112 Å². The van der Waals surface area contributed by atoms with Crippen LogP contribution in [0.25, 0.3) is 6.08 Å². The second-order valence-corrected chi connectivity index (χ2v) is 22.8. The molecule has 1 saturated carbocycles. The molecule has 1 aliphatic carbocycles. The number of ether oxygens (including phenoxy) is 3. The van der Waals surface area contributed by atoms with Crippen molar-refractivity contribution in [3.05, 3.63) is 70.6 Å². The molecule has 0 saturated heterocycles. The van der Waals surface area contributed by atoms with E-state index in [9.17, 15) is 18.0 Å². The fourth-order valence-electron chi connectivity index (χ4n) is 5.25. The Morgan fingerprint density at radius 2 is 1.81 bits per heavy atom. The molecule has 1 amide bonds. The van der Waals surface area contributed by atoms with Crippen LogP contribution in [-0.2, 0) is 34.4 Å². The molecule has 0 aromatic heterocycles. The van der Waals surface area contributed by atoms with Crippen molar-refractivity contribution < 1.29 is 41.0 Å². The van der Waals surface area contributed by atoms with Crippen molar-refractivity contribution >= 4 is 53.0 Å². The zero-order valence-electron chi connectivity index (χ0n) is 27.9. The summed E-state index contributed by atoms with van der Waals surface area (Å²) in [5.41, 5.74) is -2.25. The maximum absolute atomic E-state index is 15.8. The number of amidine groups is 1. The van der Waals surface area contributed by atoms with E-state index in [0.717, 1.165) is 29.9 Å². The predicted molar refractivity (Wildman–Crippen MR) is 181 cm³/mol. The van der Waals surface area contributed by atoms with Crippen LogP contribution in [0.1, 0.15) is 45.2 Å². The summed E-state index contributed by atoms with van der Waals surface area (Å²) in [6.45, 7) is 13.5. The van der Waals surface area contributed by atoms with Crippen molar-refractivity contribution in [2.45, 2.75) is 80.6 Å². The highest BCUT2D eigenvalue weighted by molar-refractivity contribution is 8.15. The van der Waals surface area contributed by atoms with Gasteiger partial charge in [0.2, 0.25) is 15.0 Å². The summed E-state index contributed by atoms with van der Waals surface area (Å²) in [5, 5.41) is -1.34. The van der Waals surface area contributed by atoms with Crippen LogP contribution < -0.4 is 0 Å². The van der Waals surface area contributed by atoms with Crippen LogP contribution in [0.4, 0.5) is 13.6 Å². The number of aliphatic imine (C=N–C) groups is 1. The van der Waals surface area contributed by atoms with E-state index in [2.05, 4.69) is 19.6 Å². The summed E-state index contributed by atoms with van der Waals surface area (Å²) in [5.74, 6) is -1.82. The van der Waals surface area contributed by atoms with Crippen LogP contribution in [0.15, 0.2) is 63.6 Å². The summed E-state index contributed by atoms with van der Waals surface area (Å²) in [4.78, 5) is 32.7. The molecular weight excluding hydrogens is 667 g/mol. The third kappa shape index (κ3) is 8.15. The lowest BCUT2D eigenvalue weighted by Crippen LogP contribution is -2.47. The Morgan fingerprint density at radius 3 is 2.40 bits per heavy atom. The molecule has 9 nitrogen and oxygen atoms in total. The van der Waals surface area contributed by atoms with Crippen LogP contribution >= 0.6 is 11.8 Å². The van der Waals surface area contributed by atoms with Crippen molar-refractivity contribution in [1.29, 1.82) is 0 Å². The molecule has 2 aromatic rings. The average molecular weight is 709 g/mol. The standard InChI is InChI=1S/C33H42F2N2O7S2Si/c1-31(2,3)44-30(39)37(21-43-16-17-47(6,7)8)29-36-32(4,26-20-33(26,45-29)28(38)42-5)24-18-22(14-15-25(24)34)19-27(35)46(40,41)23-12-10-9-11-13-23/h9-15,18-19,26H,16-17,20-21H2,1-8H3/b27-19+/t26-,32+,33-/m0/s1. The fourth-order valence-corrected chi connectivity index (χ4v) is 8.63. The molecule has 2 aromatic carbocycles.